The van der Waals surface area contributed by atoms with Crippen molar-refractivity contribution in [2.24, 2.45) is 11.1 Å². The van der Waals surface area contributed by atoms with Crippen molar-refractivity contribution < 1.29 is 0 Å². The fraction of sp³-hybridized carbons (Fsp3) is 0.778. The maximum Gasteiger partial charge on any atom is 0.0633 e. The highest BCUT2D eigenvalue weighted by molar-refractivity contribution is 5.09. The highest BCUT2D eigenvalue weighted by Crippen LogP contribution is 2.43. The molecule has 0 aromatic heterocycles. The molecular weight excluding hydrogens is 136 g/mol. The van der Waals surface area contributed by atoms with Gasteiger partial charge < -0.3 is 5.73 Å². The van der Waals surface area contributed by atoms with E-state index in [2.05, 4.69) is 24.1 Å². The van der Waals surface area contributed by atoms with Gasteiger partial charge in [-0.2, -0.15) is 0 Å². The van der Waals surface area contributed by atoms with E-state index in [0.717, 1.165) is 0 Å². The van der Waals surface area contributed by atoms with E-state index in [9.17, 15) is 0 Å². The highest BCUT2D eigenvalue weighted by atomic mass is 15.2. The van der Waals surface area contributed by atoms with Gasteiger partial charge in [0, 0.05) is 5.41 Å². The summed E-state index contributed by atoms with van der Waals surface area (Å²) in [6.07, 6.45) is 8.50. The zero-order valence-corrected chi connectivity index (χ0v) is 7.09. The van der Waals surface area contributed by atoms with Crippen LogP contribution in [0, 0.1) is 5.41 Å². The van der Waals surface area contributed by atoms with Gasteiger partial charge in [0.2, 0.25) is 0 Å². The van der Waals surface area contributed by atoms with Crippen molar-refractivity contribution in [3.05, 3.63) is 12.2 Å². The predicted molar refractivity (Wildman–Crippen MR) is 46.0 cm³/mol. The van der Waals surface area contributed by atoms with Gasteiger partial charge in [-0.25, -0.2) is 0 Å². The normalized spacial score (nSPS) is 35.6. The summed E-state index contributed by atoms with van der Waals surface area (Å²) in [6.45, 7) is 1.17. The van der Waals surface area contributed by atoms with Crippen LogP contribution in [0.15, 0.2) is 12.2 Å². The van der Waals surface area contributed by atoms with E-state index < -0.39 is 0 Å². The van der Waals surface area contributed by atoms with Crippen LogP contribution in [0.3, 0.4) is 0 Å². The van der Waals surface area contributed by atoms with Gasteiger partial charge in [-0.15, -0.1) is 0 Å². The number of hydrogen-bond donors (Lipinski definition) is 1. The molecule has 0 radical (unpaired) electrons. The van der Waals surface area contributed by atoms with E-state index in [-0.39, 0.29) is 6.17 Å². The van der Waals surface area contributed by atoms with Gasteiger partial charge in [0.1, 0.15) is 0 Å². The molecule has 2 nitrogen and oxygen atoms in total. The minimum atomic E-state index is 0.289. The first kappa shape index (κ1) is 7.32. The maximum absolute atomic E-state index is 6.10. The summed E-state index contributed by atoms with van der Waals surface area (Å²) in [5.74, 6) is 0. The van der Waals surface area contributed by atoms with Crippen molar-refractivity contribution >= 4 is 0 Å². The fourth-order valence-electron chi connectivity index (χ4n) is 2.32. The van der Waals surface area contributed by atoms with Crippen LogP contribution in [-0.4, -0.2) is 24.7 Å². The van der Waals surface area contributed by atoms with E-state index in [1.807, 2.05) is 0 Å². The van der Waals surface area contributed by atoms with Crippen molar-refractivity contribution in [2.45, 2.75) is 25.4 Å². The van der Waals surface area contributed by atoms with Crippen LogP contribution in [0.25, 0.3) is 0 Å². The topological polar surface area (TPSA) is 29.3 Å². The van der Waals surface area contributed by atoms with Crippen molar-refractivity contribution in [3.63, 3.8) is 0 Å². The third-order valence-corrected chi connectivity index (χ3v) is 3.28. The van der Waals surface area contributed by atoms with Gasteiger partial charge in [0.15, 0.2) is 0 Å². The molecule has 1 aliphatic carbocycles. The van der Waals surface area contributed by atoms with Gasteiger partial charge in [0.25, 0.3) is 0 Å². The Morgan fingerprint density at radius 1 is 1.45 bits per heavy atom. The van der Waals surface area contributed by atoms with Crippen molar-refractivity contribution in [1.29, 1.82) is 0 Å². The molecule has 1 spiro atoms. The Bertz CT molecular complexity index is 178. The lowest BCUT2D eigenvalue weighted by molar-refractivity contribution is 0.193. The summed E-state index contributed by atoms with van der Waals surface area (Å²) >= 11 is 0. The van der Waals surface area contributed by atoms with E-state index >= 15 is 0 Å². The molecule has 1 heterocycles. The first-order valence-corrected chi connectivity index (χ1v) is 4.35. The summed E-state index contributed by atoms with van der Waals surface area (Å²) in [5, 5.41) is 0. The molecule has 2 aliphatic rings. The van der Waals surface area contributed by atoms with E-state index in [1.165, 1.54) is 25.8 Å². The number of likely N-dealkylation sites (tertiary alicyclic amines) is 1. The second-order valence-electron chi connectivity index (χ2n) is 3.92. The predicted octanol–water partition coefficient (Wildman–Crippen LogP) is 0.943. The lowest BCUT2D eigenvalue weighted by Gasteiger charge is -2.30. The van der Waals surface area contributed by atoms with Crippen LogP contribution in [0.1, 0.15) is 19.3 Å². The third kappa shape index (κ3) is 0.932. The minimum Gasteiger partial charge on any atom is -0.315 e. The first-order valence-electron chi connectivity index (χ1n) is 4.35. The van der Waals surface area contributed by atoms with E-state index in [1.54, 1.807) is 0 Å². The first-order chi connectivity index (χ1) is 5.25. The van der Waals surface area contributed by atoms with Gasteiger partial charge in [-0.3, -0.25) is 4.90 Å². The van der Waals surface area contributed by atoms with Gasteiger partial charge in [-0.1, -0.05) is 12.2 Å². The van der Waals surface area contributed by atoms with Crippen LogP contribution in [0.4, 0.5) is 0 Å². The Morgan fingerprint density at radius 2 is 2.09 bits per heavy atom. The second-order valence-corrected chi connectivity index (χ2v) is 3.92. The third-order valence-electron chi connectivity index (χ3n) is 3.28. The Balaban J connectivity index is 2.15. The smallest absolute Gasteiger partial charge is 0.0633 e. The molecule has 1 fully saturated rings. The van der Waals surface area contributed by atoms with Crippen molar-refractivity contribution in [2.75, 3.05) is 13.6 Å². The van der Waals surface area contributed by atoms with Gasteiger partial charge >= 0.3 is 0 Å². The molecule has 2 heteroatoms. The Kier molecular flexibility index (Phi) is 1.55. The average molecular weight is 152 g/mol. The maximum atomic E-state index is 6.10. The molecule has 1 unspecified atom stereocenters. The number of nitrogens with zero attached hydrogens (tertiary/aromatic N) is 1. The molecule has 2 N–H and O–H groups in total. The lowest BCUT2D eigenvalue weighted by Crippen LogP contribution is -2.43. The highest BCUT2D eigenvalue weighted by Gasteiger charge is 2.43. The van der Waals surface area contributed by atoms with Crippen LogP contribution in [0.2, 0.25) is 0 Å². The van der Waals surface area contributed by atoms with Crippen LogP contribution >= 0.6 is 0 Å². The van der Waals surface area contributed by atoms with Crippen molar-refractivity contribution in [3.8, 4) is 0 Å². The monoisotopic (exact) mass is 152 g/mol. The molecule has 0 saturated carbocycles. The molecule has 0 aromatic carbocycles. The molecule has 0 aromatic rings. The number of rotatable bonds is 0. The summed E-state index contributed by atoms with van der Waals surface area (Å²) in [6, 6.07) is 0. The quantitative estimate of drug-likeness (QED) is 0.523. The van der Waals surface area contributed by atoms with Gasteiger partial charge in [0.05, 0.1) is 6.17 Å². The summed E-state index contributed by atoms with van der Waals surface area (Å²) in [5.41, 5.74) is 6.52. The van der Waals surface area contributed by atoms with Crippen LogP contribution < -0.4 is 5.73 Å². The second kappa shape index (κ2) is 2.32. The SMILES string of the molecule is CN1CCC2(CC=CC2)C1N. The molecule has 2 rings (SSSR count). The average Bonchev–Trinajstić information content (AvgIpc) is 2.56. The van der Waals surface area contributed by atoms with Crippen LogP contribution in [0.5, 0.6) is 0 Å². The zero-order valence-electron chi connectivity index (χ0n) is 7.09. The standard InChI is InChI=1S/C9H16N2/c1-11-7-6-9(8(11)10)4-2-3-5-9/h2-3,8H,4-7,10H2,1H3. The Hall–Kier alpha value is -0.340. The molecule has 0 amide bonds. The van der Waals surface area contributed by atoms with Crippen LogP contribution in [-0.2, 0) is 0 Å². The largest absolute Gasteiger partial charge is 0.315 e. The molecule has 1 atom stereocenters. The van der Waals surface area contributed by atoms with E-state index in [0.29, 0.717) is 5.41 Å². The minimum absolute atomic E-state index is 0.289. The Morgan fingerprint density at radius 3 is 2.55 bits per heavy atom. The van der Waals surface area contributed by atoms with Gasteiger partial charge in [-0.05, 0) is 32.9 Å². The number of nitrogens with two attached hydrogens (primary N) is 1. The molecular formula is C9H16N2. The summed E-state index contributed by atoms with van der Waals surface area (Å²) in [4.78, 5) is 2.27. The Labute approximate surface area is 68.1 Å². The fourth-order valence-corrected chi connectivity index (χ4v) is 2.32. The lowest BCUT2D eigenvalue weighted by atomic mass is 9.82. The molecule has 1 saturated heterocycles. The summed E-state index contributed by atoms with van der Waals surface area (Å²) in [7, 11) is 2.12. The molecule has 11 heavy (non-hydrogen) atoms. The number of hydrogen-bond acceptors (Lipinski definition) is 2. The number of allylic oxidation sites excluding steroid dienone is 2. The molecule has 0 bridgehead atoms. The van der Waals surface area contributed by atoms with Crippen molar-refractivity contribution in [1.82, 2.24) is 4.90 Å². The zero-order chi connectivity index (χ0) is 7.90. The molecule has 1 aliphatic heterocycles. The van der Waals surface area contributed by atoms with E-state index in [4.69, 9.17) is 5.73 Å². The summed E-state index contributed by atoms with van der Waals surface area (Å²) < 4.78 is 0. The molecule has 62 valence electrons.